The number of carbonyl (C=O) groups is 2. The van der Waals surface area contributed by atoms with Gasteiger partial charge in [-0.05, 0) is 30.9 Å². The Morgan fingerprint density at radius 3 is 2.74 bits per heavy atom. The summed E-state index contributed by atoms with van der Waals surface area (Å²) in [5, 5.41) is 2.67. The van der Waals surface area contributed by atoms with E-state index in [-0.39, 0.29) is 25.0 Å². The van der Waals surface area contributed by atoms with Gasteiger partial charge in [-0.25, -0.2) is 0 Å². The summed E-state index contributed by atoms with van der Waals surface area (Å²) >= 11 is 0. The summed E-state index contributed by atoms with van der Waals surface area (Å²) in [6.07, 6.45) is 0.380. The smallest absolute Gasteiger partial charge is 0.348 e. The third-order valence-electron chi connectivity index (χ3n) is 4.78. The van der Waals surface area contributed by atoms with E-state index >= 15 is 0 Å². The summed E-state index contributed by atoms with van der Waals surface area (Å²) in [4.78, 5) is 27.4. The predicted octanol–water partition coefficient (Wildman–Crippen LogP) is 2.27. The second-order valence-electron chi connectivity index (χ2n) is 6.90. The van der Waals surface area contributed by atoms with Crippen molar-refractivity contribution in [3.05, 3.63) is 42.0 Å². The zero-order chi connectivity index (χ0) is 19.4. The number of amides is 2. The molecule has 0 spiro atoms. The van der Waals surface area contributed by atoms with Gasteiger partial charge in [-0.3, -0.25) is 14.5 Å². The third-order valence-corrected chi connectivity index (χ3v) is 4.78. The van der Waals surface area contributed by atoms with Gasteiger partial charge < -0.3 is 10.2 Å². The number of nitrogens with zero attached hydrogens (tertiary/aromatic N) is 2. The standard InChI is InChI=1S/C19H22F3N3O2/c20-19(21,22)13-24-11-9-15(12-24)23-17(26)7-8-18(27)25-10-3-5-14-4-1-2-6-16(14)25/h1-2,4,6-8,15H,3,5,9-13H2,(H,23,26)/b8-7+. The molecular formula is C19H22F3N3O2. The zero-order valence-corrected chi connectivity index (χ0v) is 14.8. The molecule has 0 aliphatic carbocycles. The third kappa shape index (κ3) is 5.32. The molecule has 146 valence electrons. The van der Waals surface area contributed by atoms with Crippen molar-refractivity contribution in [1.29, 1.82) is 0 Å². The molecule has 1 aromatic carbocycles. The van der Waals surface area contributed by atoms with E-state index in [0.29, 0.717) is 13.0 Å². The van der Waals surface area contributed by atoms with Gasteiger partial charge in [0.25, 0.3) is 5.91 Å². The SMILES string of the molecule is O=C(/C=C/C(=O)N1CCCc2ccccc21)NC1CCN(CC(F)(F)F)C1. The van der Waals surface area contributed by atoms with Gasteiger partial charge in [0.2, 0.25) is 5.91 Å². The molecule has 3 rings (SSSR count). The van der Waals surface area contributed by atoms with E-state index in [1.165, 1.54) is 11.0 Å². The maximum absolute atomic E-state index is 12.4. The molecule has 2 aliphatic heterocycles. The highest BCUT2D eigenvalue weighted by Gasteiger charge is 2.34. The number of alkyl halides is 3. The van der Waals surface area contributed by atoms with Gasteiger partial charge in [0.1, 0.15) is 0 Å². The number of hydrogen-bond acceptors (Lipinski definition) is 3. The summed E-state index contributed by atoms with van der Waals surface area (Å²) in [5.74, 6) is -0.741. The summed E-state index contributed by atoms with van der Waals surface area (Å²) in [6.45, 7) is 0.0725. The lowest BCUT2D eigenvalue weighted by molar-refractivity contribution is -0.143. The van der Waals surface area contributed by atoms with Crippen molar-refractivity contribution in [3.8, 4) is 0 Å². The first-order valence-electron chi connectivity index (χ1n) is 8.99. The van der Waals surface area contributed by atoms with Crippen LogP contribution in [0.5, 0.6) is 0 Å². The van der Waals surface area contributed by atoms with Crippen LogP contribution in [0.25, 0.3) is 0 Å². The van der Waals surface area contributed by atoms with Crippen LogP contribution in [-0.4, -0.2) is 55.1 Å². The van der Waals surface area contributed by atoms with Crippen LogP contribution in [0.15, 0.2) is 36.4 Å². The maximum Gasteiger partial charge on any atom is 0.401 e. The van der Waals surface area contributed by atoms with Crippen LogP contribution in [0.1, 0.15) is 18.4 Å². The normalized spacial score (nSPS) is 20.7. The number of halogens is 3. The summed E-state index contributed by atoms with van der Waals surface area (Å²) in [6, 6.07) is 7.33. The number of rotatable bonds is 4. The Morgan fingerprint density at radius 1 is 1.19 bits per heavy atom. The Hall–Kier alpha value is -2.35. The number of nitrogens with one attached hydrogen (secondary N) is 1. The van der Waals surface area contributed by atoms with Crippen LogP contribution >= 0.6 is 0 Å². The zero-order valence-electron chi connectivity index (χ0n) is 14.8. The van der Waals surface area contributed by atoms with E-state index in [4.69, 9.17) is 0 Å². The number of fused-ring (bicyclic) bond motifs is 1. The molecule has 1 unspecified atom stereocenters. The Balaban J connectivity index is 1.51. The highest BCUT2D eigenvalue weighted by molar-refractivity contribution is 6.05. The van der Waals surface area contributed by atoms with Crippen LogP contribution in [0.3, 0.4) is 0 Å². The average Bonchev–Trinajstić information content (AvgIpc) is 3.04. The van der Waals surface area contributed by atoms with E-state index in [1.807, 2.05) is 24.3 Å². The second kappa shape index (κ2) is 8.12. The fraction of sp³-hybridized carbons (Fsp3) is 0.474. The number of likely N-dealkylation sites (tertiary alicyclic amines) is 1. The number of hydrogen-bond donors (Lipinski definition) is 1. The molecule has 0 saturated carbocycles. The predicted molar refractivity (Wildman–Crippen MR) is 95.3 cm³/mol. The van der Waals surface area contributed by atoms with Crippen LogP contribution in [-0.2, 0) is 16.0 Å². The first-order chi connectivity index (χ1) is 12.8. The maximum atomic E-state index is 12.4. The molecule has 1 fully saturated rings. The molecule has 2 aliphatic rings. The topological polar surface area (TPSA) is 52.7 Å². The fourth-order valence-corrected chi connectivity index (χ4v) is 3.60. The van der Waals surface area contributed by atoms with E-state index < -0.39 is 18.6 Å². The van der Waals surface area contributed by atoms with Crippen molar-refractivity contribution in [2.75, 3.05) is 31.1 Å². The van der Waals surface area contributed by atoms with Crippen molar-refractivity contribution in [2.45, 2.75) is 31.5 Å². The number of benzene rings is 1. The van der Waals surface area contributed by atoms with Crippen molar-refractivity contribution >= 4 is 17.5 Å². The summed E-state index contributed by atoms with van der Waals surface area (Å²) < 4.78 is 37.2. The fourth-order valence-electron chi connectivity index (χ4n) is 3.60. The van der Waals surface area contributed by atoms with Crippen molar-refractivity contribution in [2.24, 2.45) is 0 Å². The largest absolute Gasteiger partial charge is 0.401 e. The minimum absolute atomic E-state index is 0.159. The summed E-state index contributed by atoms with van der Waals surface area (Å²) in [5.41, 5.74) is 1.96. The second-order valence-corrected chi connectivity index (χ2v) is 6.90. The first kappa shape index (κ1) is 19.4. The number of aryl methyl sites for hydroxylation is 1. The van der Waals surface area contributed by atoms with Crippen LogP contribution in [0, 0.1) is 0 Å². The lowest BCUT2D eigenvalue weighted by Gasteiger charge is -2.28. The summed E-state index contributed by atoms with van der Waals surface area (Å²) in [7, 11) is 0. The number of anilines is 1. The molecule has 8 heteroatoms. The van der Waals surface area contributed by atoms with E-state index in [9.17, 15) is 22.8 Å². The Morgan fingerprint density at radius 2 is 1.96 bits per heavy atom. The van der Waals surface area contributed by atoms with Crippen molar-refractivity contribution in [3.63, 3.8) is 0 Å². The van der Waals surface area contributed by atoms with Gasteiger partial charge in [0, 0.05) is 43.5 Å². The van der Waals surface area contributed by atoms with Gasteiger partial charge in [0.05, 0.1) is 6.54 Å². The molecule has 2 amide bonds. The molecule has 2 heterocycles. The molecule has 0 bridgehead atoms. The lowest BCUT2D eigenvalue weighted by atomic mass is 10.0. The van der Waals surface area contributed by atoms with Gasteiger partial charge in [-0.1, -0.05) is 18.2 Å². The lowest BCUT2D eigenvalue weighted by Crippen LogP contribution is -2.39. The molecule has 1 atom stereocenters. The number of carbonyl (C=O) groups excluding carboxylic acids is 2. The molecule has 1 saturated heterocycles. The first-order valence-corrected chi connectivity index (χ1v) is 8.99. The van der Waals surface area contributed by atoms with Gasteiger partial charge in [-0.15, -0.1) is 0 Å². The minimum Gasteiger partial charge on any atom is -0.348 e. The Labute approximate surface area is 155 Å². The van der Waals surface area contributed by atoms with Crippen molar-refractivity contribution in [1.82, 2.24) is 10.2 Å². The highest BCUT2D eigenvalue weighted by atomic mass is 19.4. The van der Waals surface area contributed by atoms with E-state index in [2.05, 4.69) is 5.32 Å². The van der Waals surface area contributed by atoms with Crippen LogP contribution < -0.4 is 10.2 Å². The molecule has 0 radical (unpaired) electrons. The van der Waals surface area contributed by atoms with Gasteiger partial charge in [0.15, 0.2) is 0 Å². The Bertz CT molecular complexity index is 733. The average molecular weight is 381 g/mol. The van der Waals surface area contributed by atoms with Gasteiger partial charge >= 0.3 is 6.18 Å². The van der Waals surface area contributed by atoms with E-state index in [0.717, 1.165) is 30.2 Å². The molecule has 0 aromatic heterocycles. The molecule has 27 heavy (non-hydrogen) atoms. The van der Waals surface area contributed by atoms with Crippen LogP contribution in [0.2, 0.25) is 0 Å². The molecule has 1 N–H and O–H groups in total. The minimum atomic E-state index is -4.24. The highest BCUT2D eigenvalue weighted by Crippen LogP contribution is 2.26. The molecule has 5 nitrogen and oxygen atoms in total. The van der Waals surface area contributed by atoms with Crippen LogP contribution in [0.4, 0.5) is 18.9 Å². The van der Waals surface area contributed by atoms with E-state index in [1.54, 1.807) is 4.90 Å². The number of para-hydroxylation sites is 1. The molecular weight excluding hydrogens is 359 g/mol. The quantitative estimate of drug-likeness (QED) is 0.815. The monoisotopic (exact) mass is 381 g/mol. The van der Waals surface area contributed by atoms with Crippen molar-refractivity contribution < 1.29 is 22.8 Å². The Kier molecular flexibility index (Phi) is 5.84. The van der Waals surface area contributed by atoms with Gasteiger partial charge in [-0.2, -0.15) is 13.2 Å². The molecule has 1 aromatic rings.